The second-order valence-corrected chi connectivity index (χ2v) is 7.17. The molecule has 136 valence electrons. The molecular weight excluding hydrogens is 323 g/mol. The third-order valence-electron chi connectivity index (χ3n) is 4.19. The van der Waals surface area contributed by atoms with Crippen molar-refractivity contribution in [3.05, 3.63) is 35.1 Å². The molecule has 0 aliphatic carbocycles. The van der Waals surface area contributed by atoms with Crippen molar-refractivity contribution in [2.75, 3.05) is 26.2 Å². The van der Waals surface area contributed by atoms with Crippen molar-refractivity contribution in [3.63, 3.8) is 0 Å². The van der Waals surface area contributed by atoms with Crippen molar-refractivity contribution in [2.45, 2.75) is 39.0 Å². The standard InChI is InChI=1S/C18H25FN4O2/c1-13-11-22(12-18(2,3)25)6-7-23(13)17(24)21-10-15-8-14(9-20)4-5-16(15)19/h4-5,8,13,25H,6-7,10-12H2,1-3H3,(H,21,24)/t13-/m1/s1. The van der Waals surface area contributed by atoms with Gasteiger partial charge in [0.2, 0.25) is 0 Å². The number of carbonyl (C=O) groups excluding carboxylic acids is 1. The van der Waals surface area contributed by atoms with E-state index < -0.39 is 11.4 Å². The van der Waals surface area contributed by atoms with Crippen molar-refractivity contribution in [3.8, 4) is 6.07 Å². The molecule has 2 rings (SSSR count). The molecule has 0 aromatic heterocycles. The predicted octanol–water partition coefficient (Wildman–Crippen LogP) is 1.68. The fraction of sp³-hybridized carbons (Fsp3) is 0.556. The Labute approximate surface area is 147 Å². The SMILES string of the molecule is C[C@@H]1CN(CC(C)(C)O)CCN1C(=O)NCc1cc(C#N)ccc1F. The molecule has 0 saturated carbocycles. The van der Waals surface area contributed by atoms with Crippen LogP contribution in [-0.4, -0.2) is 58.8 Å². The largest absolute Gasteiger partial charge is 0.389 e. The van der Waals surface area contributed by atoms with Crippen LogP contribution in [0, 0.1) is 17.1 Å². The van der Waals surface area contributed by atoms with Crippen LogP contribution >= 0.6 is 0 Å². The molecule has 2 N–H and O–H groups in total. The lowest BCUT2D eigenvalue weighted by atomic mass is 10.1. The maximum absolute atomic E-state index is 13.8. The van der Waals surface area contributed by atoms with Crippen LogP contribution in [0.2, 0.25) is 0 Å². The summed E-state index contributed by atoms with van der Waals surface area (Å²) in [5, 5.41) is 21.5. The molecule has 0 bridgehead atoms. The number of nitriles is 1. The topological polar surface area (TPSA) is 79.6 Å². The highest BCUT2D eigenvalue weighted by Gasteiger charge is 2.29. The van der Waals surface area contributed by atoms with E-state index in [9.17, 15) is 14.3 Å². The Kier molecular flexibility index (Phi) is 5.98. The molecule has 1 aromatic carbocycles. The number of nitrogens with one attached hydrogen (secondary N) is 1. The lowest BCUT2D eigenvalue weighted by Gasteiger charge is -2.41. The lowest BCUT2D eigenvalue weighted by molar-refractivity contribution is 0.0119. The van der Waals surface area contributed by atoms with Gasteiger partial charge in [-0.25, -0.2) is 9.18 Å². The molecule has 2 amide bonds. The number of carbonyl (C=O) groups is 1. The summed E-state index contributed by atoms with van der Waals surface area (Å²) in [6.07, 6.45) is 0. The summed E-state index contributed by atoms with van der Waals surface area (Å²) in [5.74, 6) is -0.442. The van der Waals surface area contributed by atoms with E-state index in [2.05, 4.69) is 10.2 Å². The van der Waals surface area contributed by atoms with Crippen molar-refractivity contribution >= 4 is 6.03 Å². The van der Waals surface area contributed by atoms with E-state index in [4.69, 9.17) is 5.26 Å². The van der Waals surface area contributed by atoms with Gasteiger partial charge in [0.05, 0.1) is 17.2 Å². The monoisotopic (exact) mass is 348 g/mol. The van der Waals surface area contributed by atoms with Crippen molar-refractivity contribution in [1.82, 2.24) is 15.1 Å². The van der Waals surface area contributed by atoms with Gasteiger partial charge in [-0.1, -0.05) is 0 Å². The van der Waals surface area contributed by atoms with Crippen molar-refractivity contribution in [1.29, 1.82) is 5.26 Å². The molecular formula is C18H25FN4O2. The average molecular weight is 348 g/mol. The van der Waals surface area contributed by atoms with E-state index in [0.717, 1.165) is 0 Å². The molecule has 1 aliphatic heterocycles. The summed E-state index contributed by atoms with van der Waals surface area (Å²) < 4.78 is 13.8. The Hall–Kier alpha value is -2.17. The van der Waals surface area contributed by atoms with Gasteiger partial charge in [0.1, 0.15) is 5.82 Å². The summed E-state index contributed by atoms with van der Waals surface area (Å²) in [7, 11) is 0. The summed E-state index contributed by atoms with van der Waals surface area (Å²) in [6.45, 7) is 7.98. The molecule has 0 radical (unpaired) electrons. The Morgan fingerprint density at radius 3 is 2.80 bits per heavy atom. The zero-order valence-electron chi connectivity index (χ0n) is 14.9. The van der Waals surface area contributed by atoms with Crippen LogP contribution in [0.1, 0.15) is 31.9 Å². The number of piperazine rings is 1. The number of rotatable bonds is 4. The highest BCUT2D eigenvalue weighted by molar-refractivity contribution is 5.74. The summed E-state index contributed by atoms with van der Waals surface area (Å²) in [5.41, 5.74) is -0.118. The number of aliphatic hydroxyl groups is 1. The Morgan fingerprint density at radius 2 is 2.20 bits per heavy atom. The van der Waals surface area contributed by atoms with E-state index in [1.165, 1.54) is 18.2 Å². The Morgan fingerprint density at radius 1 is 1.48 bits per heavy atom. The maximum Gasteiger partial charge on any atom is 0.317 e. The third kappa shape index (κ3) is 5.41. The van der Waals surface area contributed by atoms with Crippen LogP contribution in [-0.2, 0) is 6.54 Å². The second kappa shape index (κ2) is 7.81. The molecule has 1 atom stereocenters. The Bertz CT molecular complexity index is 666. The van der Waals surface area contributed by atoms with Crippen LogP contribution in [0.3, 0.4) is 0 Å². The smallest absolute Gasteiger partial charge is 0.317 e. The van der Waals surface area contributed by atoms with Crippen molar-refractivity contribution in [2.24, 2.45) is 0 Å². The van der Waals surface area contributed by atoms with E-state index in [1.54, 1.807) is 18.7 Å². The zero-order chi connectivity index (χ0) is 18.6. The van der Waals surface area contributed by atoms with E-state index in [1.807, 2.05) is 13.0 Å². The third-order valence-corrected chi connectivity index (χ3v) is 4.19. The van der Waals surface area contributed by atoms with E-state index in [-0.39, 0.29) is 18.6 Å². The van der Waals surface area contributed by atoms with Crippen LogP contribution in [0.15, 0.2) is 18.2 Å². The fourth-order valence-electron chi connectivity index (χ4n) is 3.08. The molecule has 0 unspecified atom stereocenters. The first-order chi connectivity index (χ1) is 11.7. The first-order valence-corrected chi connectivity index (χ1v) is 8.37. The molecule has 1 aromatic rings. The van der Waals surface area contributed by atoms with Gasteiger partial charge in [-0.3, -0.25) is 4.90 Å². The van der Waals surface area contributed by atoms with Gasteiger partial charge in [0.15, 0.2) is 0 Å². The second-order valence-electron chi connectivity index (χ2n) is 7.17. The average Bonchev–Trinajstić information content (AvgIpc) is 2.52. The first-order valence-electron chi connectivity index (χ1n) is 8.37. The lowest BCUT2D eigenvalue weighted by Crippen LogP contribution is -2.58. The number of urea groups is 1. The number of β-amino-alcohol motifs (C(OH)–C–C–N with tert-alkyl or cyclic N) is 1. The molecule has 6 nitrogen and oxygen atoms in total. The van der Waals surface area contributed by atoms with E-state index in [0.29, 0.717) is 37.3 Å². The molecule has 25 heavy (non-hydrogen) atoms. The molecule has 1 fully saturated rings. The minimum absolute atomic E-state index is 0.00797. The van der Waals surface area contributed by atoms with E-state index >= 15 is 0 Å². The highest BCUT2D eigenvalue weighted by Crippen LogP contribution is 2.14. The number of amides is 2. The molecule has 1 aliphatic rings. The fourth-order valence-corrected chi connectivity index (χ4v) is 3.08. The van der Waals surface area contributed by atoms with Crippen LogP contribution in [0.4, 0.5) is 9.18 Å². The summed E-state index contributed by atoms with van der Waals surface area (Å²) in [6, 6.07) is 5.79. The molecule has 7 heteroatoms. The maximum atomic E-state index is 13.8. The van der Waals surface area contributed by atoms with Gasteiger partial charge < -0.3 is 15.3 Å². The van der Waals surface area contributed by atoms with Crippen LogP contribution < -0.4 is 5.32 Å². The Balaban J connectivity index is 1.91. The minimum Gasteiger partial charge on any atom is -0.389 e. The zero-order valence-corrected chi connectivity index (χ0v) is 14.9. The molecule has 1 heterocycles. The molecule has 0 spiro atoms. The minimum atomic E-state index is -0.770. The summed E-state index contributed by atoms with van der Waals surface area (Å²) >= 11 is 0. The number of nitrogens with zero attached hydrogens (tertiary/aromatic N) is 3. The predicted molar refractivity (Wildman–Crippen MR) is 92.3 cm³/mol. The van der Waals surface area contributed by atoms with Gasteiger partial charge in [-0.05, 0) is 39.0 Å². The van der Waals surface area contributed by atoms with Gasteiger partial charge in [0.25, 0.3) is 0 Å². The number of hydrogen-bond donors (Lipinski definition) is 2. The first kappa shape index (κ1) is 19.2. The van der Waals surface area contributed by atoms with Crippen LogP contribution in [0.5, 0.6) is 0 Å². The van der Waals surface area contributed by atoms with Gasteiger partial charge >= 0.3 is 6.03 Å². The summed E-state index contributed by atoms with van der Waals surface area (Å²) in [4.78, 5) is 16.2. The molecule has 1 saturated heterocycles. The number of hydrogen-bond acceptors (Lipinski definition) is 4. The quantitative estimate of drug-likeness (QED) is 0.868. The number of benzene rings is 1. The normalized spacial score (nSPS) is 18.7. The highest BCUT2D eigenvalue weighted by atomic mass is 19.1. The van der Waals surface area contributed by atoms with Gasteiger partial charge in [0, 0.05) is 44.3 Å². The number of halogens is 1. The van der Waals surface area contributed by atoms with Gasteiger partial charge in [-0.2, -0.15) is 5.26 Å². The van der Waals surface area contributed by atoms with Crippen LogP contribution in [0.25, 0.3) is 0 Å². The van der Waals surface area contributed by atoms with Crippen molar-refractivity contribution < 1.29 is 14.3 Å². The van der Waals surface area contributed by atoms with Gasteiger partial charge in [-0.15, -0.1) is 0 Å².